The molecule has 2 heterocycles. The van der Waals surface area contributed by atoms with Crippen molar-refractivity contribution in [1.82, 2.24) is 14.0 Å². The van der Waals surface area contributed by atoms with Gasteiger partial charge in [0, 0.05) is 25.0 Å². The molecular formula is C16H23N3O2S. The molecule has 0 aromatic carbocycles. The van der Waals surface area contributed by atoms with Crippen molar-refractivity contribution in [2.75, 3.05) is 13.1 Å². The van der Waals surface area contributed by atoms with Gasteiger partial charge in [0.05, 0.1) is 5.54 Å². The molecule has 1 spiro atoms. The second-order valence-corrected chi connectivity index (χ2v) is 8.64. The first-order valence-corrected chi connectivity index (χ1v) is 9.71. The van der Waals surface area contributed by atoms with E-state index in [0.29, 0.717) is 24.9 Å². The molecule has 120 valence electrons. The summed E-state index contributed by atoms with van der Waals surface area (Å²) < 4.78 is 29.8. The number of nitrogens with zero attached hydrogens (tertiary/aromatic N) is 2. The SMILES string of the molecule is CCCN1C[C@@]2(NS1(=O)=O)[C@@H]1CC[C@H]2Cc2ncccc2C1. The molecule has 3 aliphatic rings. The lowest BCUT2D eigenvalue weighted by atomic mass is 9.80. The summed E-state index contributed by atoms with van der Waals surface area (Å²) in [7, 11) is -3.32. The van der Waals surface area contributed by atoms with Crippen LogP contribution in [-0.4, -0.2) is 36.3 Å². The Morgan fingerprint density at radius 3 is 2.91 bits per heavy atom. The van der Waals surface area contributed by atoms with Crippen LogP contribution in [-0.2, 0) is 23.1 Å². The quantitative estimate of drug-likeness (QED) is 0.898. The van der Waals surface area contributed by atoms with Crippen molar-refractivity contribution >= 4 is 10.2 Å². The van der Waals surface area contributed by atoms with Crippen LogP contribution in [0.25, 0.3) is 0 Å². The normalized spacial score (nSPS) is 36.4. The summed E-state index contributed by atoms with van der Waals surface area (Å²) in [4.78, 5) is 4.55. The fraction of sp³-hybridized carbons (Fsp3) is 0.688. The summed E-state index contributed by atoms with van der Waals surface area (Å²) in [6, 6.07) is 4.15. The highest BCUT2D eigenvalue weighted by Gasteiger charge is 2.59. The molecule has 0 amide bonds. The maximum atomic E-state index is 12.5. The van der Waals surface area contributed by atoms with E-state index in [4.69, 9.17) is 0 Å². The molecule has 3 atom stereocenters. The third kappa shape index (κ3) is 2.04. The molecule has 1 saturated carbocycles. The molecule has 0 unspecified atom stereocenters. The summed E-state index contributed by atoms with van der Waals surface area (Å²) in [6.45, 7) is 3.27. The van der Waals surface area contributed by atoms with E-state index in [9.17, 15) is 8.42 Å². The molecule has 1 aliphatic heterocycles. The highest BCUT2D eigenvalue weighted by molar-refractivity contribution is 7.87. The molecule has 0 radical (unpaired) electrons. The zero-order valence-corrected chi connectivity index (χ0v) is 13.8. The molecule has 22 heavy (non-hydrogen) atoms. The first-order valence-electron chi connectivity index (χ1n) is 8.27. The smallest absolute Gasteiger partial charge is 0.261 e. The van der Waals surface area contributed by atoms with E-state index >= 15 is 0 Å². The van der Waals surface area contributed by atoms with E-state index in [0.717, 1.165) is 32.1 Å². The van der Waals surface area contributed by atoms with Crippen molar-refractivity contribution in [2.45, 2.75) is 44.6 Å². The Bertz CT molecular complexity index is 655. The molecule has 1 N–H and O–H groups in total. The second-order valence-electron chi connectivity index (χ2n) is 6.97. The van der Waals surface area contributed by atoms with Gasteiger partial charge in [-0.2, -0.15) is 17.4 Å². The lowest BCUT2D eigenvalue weighted by Crippen LogP contribution is -2.52. The van der Waals surface area contributed by atoms with Gasteiger partial charge in [-0.1, -0.05) is 13.0 Å². The van der Waals surface area contributed by atoms with Gasteiger partial charge in [0.15, 0.2) is 0 Å². The average Bonchev–Trinajstić information content (AvgIpc) is 2.85. The van der Waals surface area contributed by atoms with Gasteiger partial charge in [0.25, 0.3) is 10.2 Å². The highest BCUT2D eigenvalue weighted by Crippen LogP contribution is 2.49. The van der Waals surface area contributed by atoms with Crippen LogP contribution in [0, 0.1) is 11.8 Å². The first kappa shape index (κ1) is 14.6. The van der Waals surface area contributed by atoms with Crippen molar-refractivity contribution in [3.05, 3.63) is 29.6 Å². The van der Waals surface area contributed by atoms with Crippen LogP contribution in [0.4, 0.5) is 0 Å². The molecule has 2 aliphatic carbocycles. The Morgan fingerprint density at radius 1 is 1.36 bits per heavy atom. The van der Waals surface area contributed by atoms with Crippen molar-refractivity contribution in [1.29, 1.82) is 0 Å². The Balaban J connectivity index is 1.73. The zero-order chi connectivity index (χ0) is 15.4. The van der Waals surface area contributed by atoms with Crippen molar-refractivity contribution in [2.24, 2.45) is 11.8 Å². The van der Waals surface area contributed by atoms with E-state index in [1.165, 1.54) is 11.3 Å². The minimum absolute atomic E-state index is 0.283. The Labute approximate surface area is 132 Å². The Kier molecular flexibility index (Phi) is 3.33. The number of nitrogens with one attached hydrogen (secondary N) is 1. The molecule has 1 aromatic rings. The van der Waals surface area contributed by atoms with E-state index in [2.05, 4.69) is 15.8 Å². The molecule has 5 nitrogen and oxygen atoms in total. The van der Waals surface area contributed by atoms with Gasteiger partial charge in [-0.3, -0.25) is 4.98 Å². The molecule has 4 rings (SSSR count). The summed E-state index contributed by atoms with van der Waals surface area (Å²) in [6.07, 6.45) is 6.77. The van der Waals surface area contributed by atoms with Gasteiger partial charge in [-0.05, 0) is 55.6 Å². The molecule has 6 heteroatoms. The number of hydrogen-bond acceptors (Lipinski definition) is 3. The van der Waals surface area contributed by atoms with E-state index < -0.39 is 10.2 Å². The van der Waals surface area contributed by atoms with Crippen LogP contribution in [0.1, 0.15) is 37.4 Å². The van der Waals surface area contributed by atoms with Crippen molar-refractivity contribution < 1.29 is 8.42 Å². The van der Waals surface area contributed by atoms with Crippen molar-refractivity contribution in [3.8, 4) is 0 Å². The first-order chi connectivity index (χ1) is 10.5. The van der Waals surface area contributed by atoms with Crippen LogP contribution >= 0.6 is 0 Å². The molecule has 2 fully saturated rings. The van der Waals surface area contributed by atoms with Gasteiger partial charge in [-0.25, -0.2) is 0 Å². The predicted octanol–water partition coefficient (Wildman–Crippen LogP) is 1.51. The van der Waals surface area contributed by atoms with Crippen LogP contribution in [0.2, 0.25) is 0 Å². The zero-order valence-electron chi connectivity index (χ0n) is 13.0. The Morgan fingerprint density at radius 2 is 2.14 bits per heavy atom. The van der Waals surface area contributed by atoms with Crippen LogP contribution in [0.5, 0.6) is 0 Å². The van der Waals surface area contributed by atoms with E-state index in [1.54, 1.807) is 4.31 Å². The van der Waals surface area contributed by atoms with Gasteiger partial charge < -0.3 is 0 Å². The second kappa shape index (κ2) is 5.01. The third-order valence-corrected chi connectivity index (χ3v) is 7.41. The van der Waals surface area contributed by atoms with Gasteiger partial charge in [0.1, 0.15) is 0 Å². The summed E-state index contributed by atoms with van der Waals surface area (Å²) in [5.74, 6) is 0.755. The lowest BCUT2D eigenvalue weighted by Gasteiger charge is -2.33. The average molecular weight is 321 g/mol. The van der Waals surface area contributed by atoms with Crippen molar-refractivity contribution in [3.63, 3.8) is 0 Å². The monoisotopic (exact) mass is 321 g/mol. The van der Waals surface area contributed by atoms with Crippen LogP contribution < -0.4 is 4.72 Å². The third-order valence-electron chi connectivity index (χ3n) is 5.78. The summed E-state index contributed by atoms with van der Waals surface area (Å²) >= 11 is 0. The molecule has 2 bridgehead atoms. The summed E-state index contributed by atoms with van der Waals surface area (Å²) in [5.41, 5.74) is 2.19. The highest BCUT2D eigenvalue weighted by atomic mass is 32.2. The van der Waals surface area contributed by atoms with Crippen LogP contribution in [0.15, 0.2) is 18.3 Å². The maximum absolute atomic E-state index is 12.5. The van der Waals surface area contributed by atoms with Gasteiger partial charge in [0.2, 0.25) is 0 Å². The molecular weight excluding hydrogens is 298 g/mol. The topological polar surface area (TPSA) is 62.3 Å². The van der Waals surface area contributed by atoms with Crippen LogP contribution in [0.3, 0.4) is 0 Å². The fourth-order valence-electron chi connectivity index (χ4n) is 4.75. The van der Waals surface area contributed by atoms with E-state index in [1.807, 2.05) is 19.2 Å². The number of rotatable bonds is 2. The lowest BCUT2D eigenvalue weighted by molar-refractivity contribution is 0.212. The fourth-order valence-corrected chi connectivity index (χ4v) is 6.56. The number of aromatic nitrogens is 1. The maximum Gasteiger partial charge on any atom is 0.280 e. The van der Waals surface area contributed by atoms with E-state index in [-0.39, 0.29) is 5.54 Å². The summed E-state index contributed by atoms with van der Waals surface area (Å²) in [5, 5.41) is 0. The predicted molar refractivity (Wildman–Crippen MR) is 84.5 cm³/mol. The largest absolute Gasteiger partial charge is 0.280 e. The van der Waals surface area contributed by atoms with Gasteiger partial charge in [-0.15, -0.1) is 0 Å². The number of hydrogen-bond donors (Lipinski definition) is 1. The standard InChI is InChI=1S/C16H23N3O2S/c1-2-8-19-11-16(18-22(19,20)21)13-5-6-14(16)10-15-12(9-13)4-3-7-17-15/h3-4,7,13-14,18H,2,5-6,8-11H2,1H3/t13-,14+,16-/m1/s1. The number of fused-ring (bicyclic) bond motifs is 1. The minimum Gasteiger partial charge on any atom is -0.261 e. The molecule has 1 saturated heterocycles. The van der Waals surface area contributed by atoms with Gasteiger partial charge >= 0.3 is 0 Å². The molecule has 1 aromatic heterocycles. The Hall–Kier alpha value is -0.980. The number of pyridine rings is 1. The minimum atomic E-state index is -3.32.